The molecular formula is C17H14N2O2S. The highest BCUT2D eigenvalue weighted by Gasteiger charge is 2.05. The van der Waals surface area contributed by atoms with Gasteiger partial charge in [0.25, 0.3) is 0 Å². The van der Waals surface area contributed by atoms with Crippen molar-refractivity contribution >= 4 is 28.5 Å². The molecule has 1 N–H and O–H groups in total. The van der Waals surface area contributed by atoms with Gasteiger partial charge < -0.3 is 4.42 Å². The molecule has 0 bridgehead atoms. The minimum atomic E-state index is -0.225. The summed E-state index contributed by atoms with van der Waals surface area (Å²) >= 11 is 1.48. The number of nitrogens with zero attached hydrogens (tertiary/aromatic N) is 1. The third-order valence-corrected chi connectivity index (χ3v) is 3.86. The summed E-state index contributed by atoms with van der Waals surface area (Å²) in [6.07, 6.45) is 7.22. The third-order valence-electron chi connectivity index (χ3n) is 2.95. The van der Waals surface area contributed by atoms with Crippen LogP contribution in [0.4, 0.5) is 5.13 Å². The fraction of sp³-hybridized carbons (Fsp3) is 0.0588. The molecular weight excluding hydrogens is 296 g/mol. The summed E-state index contributed by atoms with van der Waals surface area (Å²) in [5, 5.41) is 3.35. The zero-order chi connectivity index (χ0) is 15.2. The molecule has 4 nitrogen and oxygen atoms in total. The van der Waals surface area contributed by atoms with Crippen LogP contribution in [-0.2, 0) is 11.2 Å². The summed E-state index contributed by atoms with van der Waals surface area (Å²) in [5.74, 6) is 0.413. The topological polar surface area (TPSA) is 55.1 Å². The Kier molecular flexibility index (Phi) is 4.46. The molecule has 0 saturated carbocycles. The van der Waals surface area contributed by atoms with E-state index in [-0.39, 0.29) is 5.91 Å². The number of benzene rings is 1. The monoisotopic (exact) mass is 310 g/mol. The van der Waals surface area contributed by atoms with Gasteiger partial charge in [0.1, 0.15) is 5.76 Å². The van der Waals surface area contributed by atoms with Gasteiger partial charge in [-0.1, -0.05) is 30.3 Å². The van der Waals surface area contributed by atoms with Crippen molar-refractivity contribution in [1.29, 1.82) is 0 Å². The minimum absolute atomic E-state index is 0.225. The number of rotatable bonds is 5. The molecule has 0 fully saturated rings. The van der Waals surface area contributed by atoms with Crippen molar-refractivity contribution in [2.24, 2.45) is 0 Å². The minimum Gasteiger partial charge on any atom is -0.465 e. The fourth-order valence-electron chi connectivity index (χ4n) is 1.94. The van der Waals surface area contributed by atoms with Crippen LogP contribution >= 0.6 is 11.3 Å². The van der Waals surface area contributed by atoms with E-state index < -0.39 is 0 Å². The number of anilines is 1. The van der Waals surface area contributed by atoms with Gasteiger partial charge in [-0.25, -0.2) is 4.98 Å². The van der Waals surface area contributed by atoms with Gasteiger partial charge in [-0.05, 0) is 23.8 Å². The lowest BCUT2D eigenvalue weighted by Crippen LogP contribution is -2.06. The summed E-state index contributed by atoms with van der Waals surface area (Å²) in [4.78, 5) is 17.1. The number of carbonyl (C=O) groups is 1. The van der Waals surface area contributed by atoms with Crippen molar-refractivity contribution in [3.8, 4) is 0 Å². The van der Waals surface area contributed by atoms with E-state index in [0.29, 0.717) is 10.9 Å². The molecule has 0 atom stereocenters. The molecule has 2 heterocycles. The highest BCUT2D eigenvalue weighted by atomic mass is 32.1. The number of thiazole rings is 1. The van der Waals surface area contributed by atoms with Crippen molar-refractivity contribution in [3.05, 3.63) is 77.2 Å². The molecule has 0 aliphatic carbocycles. The van der Waals surface area contributed by atoms with Crippen LogP contribution in [0.5, 0.6) is 0 Å². The van der Waals surface area contributed by atoms with Crippen molar-refractivity contribution < 1.29 is 9.21 Å². The van der Waals surface area contributed by atoms with Gasteiger partial charge in [0.2, 0.25) is 5.91 Å². The van der Waals surface area contributed by atoms with Crippen LogP contribution in [0.25, 0.3) is 6.08 Å². The van der Waals surface area contributed by atoms with Gasteiger partial charge in [-0.2, -0.15) is 0 Å². The van der Waals surface area contributed by atoms with Crippen LogP contribution in [0, 0.1) is 0 Å². The van der Waals surface area contributed by atoms with E-state index in [9.17, 15) is 4.79 Å². The fourth-order valence-corrected chi connectivity index (χ4v) is 2.78. The van der Waals surface area contributed by atoms with Crippen molar-refractivity contribution in [3.63, 3.8) is 0 Å². The normalized spacial score (nSPS) is 10.9. The molecule has 0 unspecified atom stereocenters. The molecule has 22 heavy (non-hydrogen) atoms. The molecule has 0 aliphatic rings. The third kappa shape index (κ3) is 3.93. The summed E-state index contributed by atoms with van der Waals surface area (Å²) in [5.41, 5.74) is 1.22. The number of nitrogens with one attached hydrogen (secondary N) is 1. The Hall–Kier alpha value is -2.66. The Bertz CT molecular complexity index is 761. The zero-order valence-electron chi connectivity index (χ0n) is 11.7. The lowest BCUT2D eigenvalue weighted by atomic mass is 10.1. The van der Waals surface area contributed by atoms with E-state index >= 15 is 0 Å². The lowest BCUT2D eigenvalue weighted by Gasteiger charge is -1.97. The van der Waals surface area contributed by atoms with Gasteiger partial charge >= 0.3 is 0 Å². The first kappa shape index (κ1) is 14.3. The highest BCUT2D eigenvalue weighted by Crippen LogP contribution is 2.21. The smallest absolute Gasteiger partial charge is 0.250 e. The second kappa shape index (κ2) is 6.87. The quantitative estimate of drug-likeness (QED) is 0.725. The average molecular weight is 310 g/mol. The second-order valence-electron chi connectivity index (χ2n) is 4.63. The molecule has 2 aromatic heterocycles. The van der Waals surface area contributed by atoms with Crippen LogP contribution in [0.2, 0.25) is 0 Å². The van der Waals surface area contributed by atoms with Crippen LogP contribution in [0.3, 0.4) is 0 Å². The molecule has 3 aromatic rings. The molecule has 110 valence electrons. The zero-order valence-corrected chi connectivity index (χ0v) is 12.5. The number of furan rings is 1. The van der Waals surface area contributed by atoms with Gasteiger partial charge in [0, 0.05) is 23.6 Å². The number of carbonyl (C=O) groups excluding carboxylic acids is 1. The Morgan fingerprint density at radius 1 is 1.23 bits per heavy atom. The first-order valence-corrected chi connectivity index (χ1v) is 7.62. The van der Waals surface area contributed by atoms with E-state index in [4.69, 9.17) is 4.42 Å². The van der Waals surface area contributed by atoms with E-state index in [1.807, 2.05) is 18.2 Å². The van der Waals surface area contributed by atoms with E-state index in [0.717, 1.165) is 11.3 Å². The number of hydrogen-bond acceptors (Lipinski definition) is 4. The maximum absolute atomic E-state index is 11.8. The molecule has 1 amide bonds. The average Bonchev–Trinajstić information content (AvgIpc) is 3.18. The van der Waals surface area contributed by atoms with Gasteiger partial charge in [-0.3, -0.25) is 10.1 Å². The molecule has 0 aliphatic heterocycles. The van der Waals surface area contributed by atoms with Gasteiger partial charge in [0.05, 0.1) is 6.26 Å². The summed E-state index contributed by atoms with van der Waals surface area (Å²) in [6.45, 7) is 0. The Morgan fingerprint density at radius 3 is 2.86 bits per heavy atom. The Labute approximate surface area is 132 Å². The van der Waals surface area contributed by atoms with E-state index in [1.165, 1.54) is 23.0 Å². The predicted octanol–water partition coefficient (Wildman–Crippen LogP) is 3.98. The maximum atomic E-state index is 11.8. The van der Waals surface area contributed by atoms with Crippen LogP contribution in [0.15, 0.2) is 65.4 Å². The molecule has 0 radical (unpaired) electrons. The lowest BCUT2D eigenvalue weighted by molar-refractivity contribution is -0.111. The molecule has 3 rings (SSSR count). The molecule has 0 saturated heterocycles. The number of hydrogen-bond donors (Lipinski definition) is 1. The SMILES string of the molecule is O=C(/C=C/c1ccco1)Nc1ncc(Cc2ccccc2)s1. The van der Waals surface area contributed by atoms with Crippen molar-refractivity contribution in [1.82, 2.24) is 4.98 Å². The molecule has 5 heteroatoms. The van der Waals surface area contributed by atoms with Crippen molar-refractivity contribution in [2.45, 2.75) is 6.42 Å². The van der Waals surface area contributed by atoms with Gasteiger partial charge in [0.15, 0.2) is 5.13 Å². The first-order valence-electron chi connectivity index (χ1n) is 6.81. The first-order chi connectivity index (χ1) is 10.8. The largest absolute Gasteiger partial charge is 0.465 e. The maximum Gasteiger partial charge on any atom is 0.250 e. The standard InChI is InChI=1S/C17H14N2O2S/c20-16(9-8-14-7-4-10-21-14)19-17-18-12-15(22-17)11-13-5-2-1-3-6-13/h1-10,12H,11H2,(H,18,19,20)/b9-8+. The van der Waals surface area contributed by atoms with E-state index in [1.54, 1.807) is 30.7 Å². The number of amides is 1. The number of aromatic nitrogens is 1. The molecule has 1 aromatic carbocycles. The molecule has 0 spiro atoms. The highest BCUT2D eigenvalue weighted by molar-refractivity contribution is 7.15. The second-order valence-corrected chi connectivity index (χ2v) is 5.75. The van der Waals surface area contributed by atoms with Crippen LogP contribution < -0.4 is 5.32 Å². The summed E-state index contributed by atoms with van der Waals surface area (Å²) in [7, 11) is 0. The Balaban J connectivity index is 1.58. The van der Waals surface area contributed by atoms with Crippen molar-refractivity contribution in [2.75, 3.05) is 5.32 Å². The Morgan fingerprint density at radius 2 is 2.09 bits per heavy atom. The van der Waals surface area contributed by atoms with Crippen LogP contribution in [-0.4, -0.2) is 10.9 Å². The van der Waals surface area contributed by atoms with Crippen LogP contribution in [0.1, 0.15) is 16.2 Å². The van der Waals surface area contributed by atoms with Gasteiger partial charge in [-0.15, -0.1) is 11.3 Å². The summed E-state index contributed by atoms with van der Waals surface area (Å²) in [6, 6.07) is 13.7. The predicted molar refractivity (Wildman–Crippen MR) is 87.7 cm³/mol. The summed E-state index contributed by atoms with van der Waals surface area (Å²) < 4.78 is 5.12. The van der Waals surface area contributed by atoms with E-state index in [2.05, 4.69) is 22.4 Å².